The molecule has 1 aromatic rings. The minimum absolute atomic E-state index is 0.0617. The quantitative estimate of drug-likeness (QED) is 0.827. The summed E-state index contributed by atoms with van der Waals surface area (Å²) in [6, 6.07) is 4.42. The van der Waals surface area contributed by atoms with Crippen LogP contribution in [-0.4, -0.2) is 11.1 Å². The Morgan fingerprint density at radius 2 is 2.27 bits per heavy atom. The molecule has 0 aliphatic rings. The summed E-state index contributed by atoms with van der Waals surface area (Å²) >= 11 is 0. The van der Waals surface area contributed by atoms with Gasteiger partial charge in [-0.15, -0.1) is 0 Å². The Morgan fingerprint density at radius 1 is 1.60 bits per heavy atom. The van der Waals surface area contributed by atoms with Gasteiger partial charge in [0, 0.05) is 6.42 Å². The van der Waals surface area contributed by atoms with Gasteiger partial charge in [0.2, 0.25) is 0 Å². The normalized spacial score (nSPS) is 9.67. The molecule has 1 N–H and O–H groups in total. The van der Waals surface area contributed by atoms with Crippen LogP contribution < -0.4 is 0 Å². The molecule has 15 heavy (non-hydrogen) atoms. The summed E-state index contributed by atoms with van der Waals surface area (Å²) in [6.07, 6.45) is 0.560. The Bertz CT molecular complexity index is 435. The van der Waals surface area contributed by atoms with E-state index in [1.165, 1.54) is 6.07 Å². The molecular weight excluding hydrogens is 197 g/mol. The van der Waals surface area contributed by atoms with Gasteiger partial charge in [-0.1, -0.05) is 6.07 Å². The third-order valence-corrected chi connectivity index (χ3v) is 2.12. The number of carboxylic acid groups (broad SMARTS) is 1. The van der Waals surface area contributed by atoms with E-state index in [0.717, 1.165) is 6.07 Å². The van der Waals surface area contributed by atoms with Gasteiger partial charge < -0.3 is 5.11 Å². The molecule has 1 aromatic carbocycles. The molecule has 3 nitrogen and oxygen atoms in total. The van der Waals surface area contributed by atoms with Gasteiger partial charge in [-0.05, 0) is 30.5 Å². The summed E-state index contributed by atoms with van der Waals surface area (Å²) < 4.78 is 13.1. The molecule has 0 saturated heterocycles. The highest BCUT2D eigenvalue weighted by Crippen LogP contribution is 2.17. The second-order valence-corrected chi connectivity index (χ2v) is 3.22. The molecule has 0 heterocycles. The SMILES string of the molecule is Cc1cc(CCC#N)c(C(=O)O)cc1F. The number of nitrogens with zero attached hydrogens (tertiary/aromatic N) is 1. The number of aryl methyl sites for hydroxylation is 2. The molecule has 0 fully saturated rings. The number of nitriles is 1. The van der Waals surface area contributed by atoms with Gasteiger partial charge >= 0.3 is 5.97 Å². The third-order valence-electron chi connectivity index (χ3n) is 2.12. The molecule has 0 aliphatic heterocycles. The van der Waals surface area contributed by atoms with Crippen LogP contribution in [0.4, 0.5) is 4.39 Å². The van der Waals surface area contributed by atoms with Crippen molar-refractivity contribution in [3.63, 3.8) is 0 Å². The number of benzene rings is 1. The van der Waals surface area contributed by atoms with E-state index < -0.39 is 11.8 Å². The maximum absolute atomic E-state index is 13.1. The van der Waals surface area contributed by atoms with Crippen LogP contribution in [0.1, 0.15) is 27.9 Å². The standard InChI is InChI=1S/C11H10FNO2/c1-7-5-8(3-2-4-13)9(11(14)15)6-10(7)12/h5-6H,2-3H2,1H3,(H,14,15). The van der Waals surface area contributed by atoms with Crippen molar-refractivity contribution < 1.29 is 14.3 Å². The maximum atomic E-state index is 13.1. The van der Waals surface area contributed by atoms with E-state index in [1.807, 2.05) is 6.07 Å². The Balaban J connectivity index is 3.17. The van der Waals surface area contributed by atoms with Crippen molar-refractivity contribution in [3.05, 3.63) is 34.6 Å². The first-order valence-corrected chi connectivity index (χ1v) is 4.45. The summed E-state index contributed by atoms with van der Waals surface area (Å²) in [7, 11) is 0. The number of halogens is 1. The number of rotatable bonds is 3. The van der Waals surface area contributed by atoms with Crippen LogP contribution in [-0.2, 0) is 6.42 Å². The zero-order valence-corrected chi connectivity index (χ0v) is 8.25. The van der Waals surface area contributed by atoms with Gasteiger partial charge in [0.15, 0.2) is 0 Å². The van der Waals surface area contributed by atoms with Crippen LogP contribution in [0.2, 0.25) is 0 Å². The Hall–Kier alpha value is -1.89. The monoisotopic (exact) mass is 207 g/mol. The van der Waals surface area contributed by atoms with Crippen LogP contribution >= 0.6 is 0 Å². The fraction of sp³-hybridized carbons (Fsp3) is 0.273. The Labute approximate surface area is 86.8 Å². The molecule has 0 aliphatic carbocycles. The van der Waals surface area contributed by atoms with E-state index in [-0.39, 0.29) is 12.0 Å². The molecule has 4 heteroatoms. The predicted octanol–water partition coefficient (Wildman–Crippen LogP) is 2.29. The highest BCUT2D eigenvalue weighted by Gasteiger charge is 2.12. The molecule has 0 bridgehead atoms. The van der Waals surface area contributed by atoms with Crippen LogP contribution in [0.5, 0.6) is 0 Å². The predicted molar refractivity (Wildman–Crippen MR) is 52.0 cm³/mol. The van der Waals surface area contributed by atoms with E-state index in [2.05, 4.69) is 0 Å². The van der Waals surface area contributed by atoms with Gasteiger partial charge in [-0.2, -0.15) is 5.26 Å². The fourth-order valence-electron chi connectivity index (χ4n) is 1.34. The first kappa shape index (κ1) is 11.2. The zero-order valence-electron chi connectivity index (χ0n) is 8.25. The van der Waals surface area contributed by atoms with Crippen molar-refractivity contribution in [1.29, 1.82) is 5.26 Å². The van der Waals surface area contributed by atoms with Crippen molar-refractivity contribution >= 4 is 5.97 Å². The maximum Gasteiger partial charge on any atom is 0.336 e. The molecule has 0 aromatic heterocycles. The minimum atomic E-state index is -1.16. The zero-order chi connectivity index (χ0) is 11.4. The summed E-state index contributed by atoms with van der Waals surface area (Å²) in [5.74, 6) is -1.70. The summed E-state index contributed by atoms with van der Waals surface area (Å²) in [4.78, 5) is 10.8. The number of hydrogen-bond acceptors (Lipinski definition) is 2. The number of aromatic carboxylic acids is 1. The fourth-order valence-corrected chi connectivity index (χ4v) is 1.34. The molecule has 78 valence electrons. The highest BCUT2D eigenvalue weighted by molar-refractivity contribution is 5.89. The lowest BCUT2D eigenvalue weighted by Gasteiger charge is -2.06. The lowest BCUT2D eigenvalue weighted by atomic mass is 10.0. The smallest absolute Gasteiger partial charge is 0.336 e. The number of carbonyl (C=O) groups is 1. The van der Waals surface area contributed by atoms with E-state index in [1.54, 1.807) is 6.92 Å². The Morgan fingerprint density at radius 3 is 2.80 bits per heavy atom. The lowest BCUT2D eigenvalue weighted by Crippen LogP contribution is -2.04. The van der Waals surface area contributed by atoms with Gasteiger partial charge in [0.25, 0.3) is 0 Å². The molecule has 0 atom stereocenters. The van der Waals surface area contributed by atoms with Crippen LogP contribution in [0.3, 0.4) is 0 Å². The lowest BCUT2D eigenvalue weighted by molar-refractivity contribution is 0.0695. The van der Waals surface area contributed by atoms with Crippen molar-refractivity contribution in [2.75, 3.05) is 0 Å². The highest BCUT2D eigenvalue weighted by atomic mass is 19.1. The molecule has 0 radical (unpaired) electrons. The third kappa shape index (κ3) is 2.53. The number of hydrogen-bond donors (Lipinski definition) is 1. The molecule has 0 unspecified atom stereocenters. The van der Waals surface area contributed by atoms with Crippen LogP contribution in [0.15, 0.2) is 12.1 Å². The first-order valence-electron chi connectivity index (χ1n) is 4.45. The second-order valence-electron chi connectivity index (χ2n) is 3.22. The largest absolute Gasteiger partial charge is 0.478 e. The van der Waals surface area contributed by atoms with Crippen molar-refractivity contribution in [2.24, 2.45) is 0 Å². The van der Waals surface area contributed by atoms with Gasteiger partial charge in [0.1, 0.15) is 5.82 Å². The van der Waals surface area contributed by atoms with Crippen molar-refractivity contribution in [1.82, 2.24) is 0 Å². The van der Waals surface area contributed by atoms with Gasteiger partial charge in [0.05, 0.1) is 11.6 Å². The van der Waals surface area contributed by atoms with Crippen LogP contribution in [0, 0.1) is 24.1 Å². The molecule has 0 spiro atoms. The molecular formula is C11H10FNO2. The summed E-state index contributed by atoms with van der Waals surface area (Å²) in [5, 5.41) is 17.2. The molecule has 0 saturated carbocycles. The summed E-state index contributed by atoms with van der Waals surface area (Å²) in [6.45, 7) is 1.57. The molecule has 0 amide bonds. The summed E-state index contributed by atoms with van der Waals surface area (Å²) in [5.41, 5.74) is 0.837. The minimum Gasteiger partial charge on any atom is -0.478 e. The van der Waals surface area contributed by atoms with Gasteiger partial charge in [-0.25, -0.2) is 9.18 Å². The Kier molecular flexibility index (Phi) is 3.40. The van der Waals surface area contributed by atoms with Crippen molar-refractivity contribution in [3.8, 4) is 6.07 Å². The average Bonchev–Trinajstić information content (AvgIpc) is 2.19. The van der Waals surface area contributed by atoms with E-state index in [4.69, 9.17) is 10.4 Å². The van der Waals surface area contributed by atoms with Crippen LogP contribution in [0.25, 0.3) is 0 Å². The molecule has 1 rings (SSSR count). The van der Waals surface area contributed by atoms with E-state index in [0.29, 0.717) is 17.5 Å². The van der Waals surface area contributed by atoms with Gasteiger partial charge in [-0.3, -0.25) is 0 Å². The van der Waals surface area contributed by atoms with E-state index >= 15 is 0 Å². The van der Waals surface area contributed by atoms with E-state index in [9.17, 15) is 9.18 Å². The first-order chi connectivity index (χ1) is 7.06. The van der Waals surface area contributed by atoms with Crippen molar-refractivity contribution in [2.45, 2.75) is 19.8 Å². The average molecular weight is 207 g/mol. The topological polar surface area (TPSA) is 61.1 Å². The number of carboxylic acids is 1. The second kappa shape index (κ2) is 4.56.